The highest BCUT2D eigenvalue weighted by Gasteiger charge is 2.25. The standard InChI is InChI=1S/C13H11N2OS/c1-10-15(11-5-3-2-4-6-11)9-13(17-10)12-7-8-14-16-12/h2-8,10H,1H3. The van der Waals surface area contributed by atoms with Crippen molar-refractivity contribution >= 4 is 22.4 Å². The molecule has 1 aliphatic heterocycles. The molecule has 0 N–H and O–H groups in total. The zero-order valence-electron chi connectivity index (χ0n) is 9.33. The second-order valence-corrected chi connectivity index (χ2v) is 5.07. The second kappa shape index (κ2) is 4.30. The van der Waals surface area contributed by atoms with Gasteiger partial charge in [0.15, 0.2) is 5.76 Å². The van der Waals surface area contributed by atoms with E-state index in [-0.39, 0.29) is 0 Å². The van der Waals surface area contributed by atoms with E-state index < -0.39 is 0 Å². The van der Waals surface area contributed by atoms with Crippen molar-refractivity contribution in [2.45, 2.75) is 12.3 Å². The Balaban J connectivity index is 1.92. The Morgan fingerprint density at radius 1 is 1.29 bits per heavy atom. The molecule has 0 saturated carbocycles. The number of nitrogens with zero attached hydrogens (tertiary/aromatic N) is 2. The van der Waals surface area contributed by atoms with Crippen molar-refractivity contribution in [3.05, 3.63) is 54.6 Å². The summed E-state index contributed by atoms with van der Waals surface area (Å²) >= 11 is 1.72. The van der Waals surface area contributed by atoms with Gasteiger partial charge in [-0.15, -0.1) is 0 Å². The summed E-state index contributed by atoms with van der Waals surface area (Å²) < 4.78 is 5.15. The van der Waals surface area contributed by atoms with Crippen LogP contribution < -0.4 is 4.90 Å². The second-order valence-electron chi connectivity index (χ2n) is 3.74. The number of hydrogen-bond donors (Lipinski definition) is 0. The summed E-state index contributed by atoms with van der Waals surface area (Å²) in [6.45, 7) is 2.15. The minimum atomic E-state index is 0.317. The van der Waals surface area contributed by atoms with Crippen LogP contribution in [-0.2, 0) is 0 Å². The average Bonchev–Trinajstić information content (AvgIpc) is 2.99. The molecular weight excluding hydrogens is 232 g/mol. The number of anilines is 1. The summed E-state index contributed by atoms with van der Waals surface area (Å²) in [5.41, 5.74) is 1.14. The Labute approximate surface area is 104 Å². The van der Waals surface area contributed by atoms with Crippen LogP contribution in [0, 0.1) is 6.20 Å². The smallest absolute Gasteiger partial charge is 0.175 e. The lowest BCUT2D eigenvalue weighted by molar-refractivity contribution is 0.412. The first-order chi connectivity index (χ1) is 8.34. The lowest BCUT2D eigenvalue weighted by atomic mass is 10.3. The Morgan fingerprint density at radius 2 is 2.12 bits per heavy atom. The maximum atomic E-state index is 5.15. The third kappa shape index (κ3) is 1.96. The van der Waals surface area contributed by atoms with Crippen LogP contribution in [0.5, 0.6) is 0 Å². The van der Waals surface area contributed by atoms with Crippen LogP contribution in [0.3, 0.4) is 0 Å². The average molecular weight is 243 g/mol. The summed E-state index contributed by atoms with van der Waals surface area (Å²) in [6.07, 6.45) is 4.99. The van der Waals surface area contributed by atoms with Gasteiger partial charge in [0.1, 0.15) is 0 Å². The van der Waals surface area contributed by atoms with Gasteiger partial charge in [-0.05, 0) is 19.1 Å². The van der Waals surface area contributed by atoms with Crippen LogP contribution in [0.25, 0.3) is 4.91 Å². The maximum Gasteiger partial charge on any atom is 0.175 e. The molecule has 1 atom stereocenters. The molecule has 17 heavy (non-hydrogen) atoms. The fraction of sp³-hybridized carbons (Fsp3) is 0.154. The number of thioether (sulfide) groups is 1. The van der Waals surface area contributed by atoms with E-state index in [0.717, 1.165) is 16.4 Å². The number of rotatable bonds is 2. The summed E-state index contributed by atoms with van der Waals surface area (Å²) in [4.78, 5) is 3.11. The topological polar surface area (TPSA) is 29.3 Å². The monoisotopic (exact) mass is 243 g/mol. The van der Waals surface area contributed by atoms with Gasteiger partial charge in [-0.2, -0.15) is 0 Å². The van der Waals surface area contributed by atoms with Crippen molar-refractivity contribution < 1.29 is 4.52 Å². The van der Waals surface area contributed by atoms with Gasteiger partial charge in [-0.3, -0.25) is 0 Å². The van der Waals surface area contributed by atoms with E-state index in [9.17, 15) is 0 Å². The van der Waals surface area contributed by atoms with Crippen molar-refractivity contribution in [2.75, 3.05) is 4.90 Å². The molecule has 85 valence electrons. The van der Waals surface area contributed by atoms with E-state index in [0.29, 0.717) is 5.37 Å². The van der Waals surface area contributed by atoms with Crippen molar-refractivity contribution in [3.63, 3.8) is 0 Å². The van der Waals surface area contributed by atoms with Gasteiger partial charge in [-0.1, -0.05) is 35.1 Å². The van der Waals surface area contributed by atoms with E-state index in [4.69, 9.17) is 4.52 Å². The van der Waals surface area contributed by atoms with Gasteiger partial charge < -0.3 is 9.42 Å². The predicted molar refractivity (Wildman–Crippen MR) is 69.1 cm³/mol. The SMILES string of the molecule is CC1SC(c2ccno2)=[C]N1c1ccccc1. The van der Waals surface area contributed by atoms with E-state index >= 15 is 0 Å². The molecule has 0 spiro atoms. The summed E-state index contributed by atoms with van der Waals surface area (Å²) in [5.74, 6) is 0.778. The fourth-order valence-electron chi connectivity index (χ4n) is 1.76. The maximum absolute atomic E-state index is 5.15. The molecule has 0 amide bonds. The number of para-hydroxylation sites is 1. The Kier molecular flexibility index (Phi) is 2.65. The summed E-state index contributed by atoms with van der Waals surface area (Å²) in [5, 5.41) is 4.04. The highest BCUT2D eigenvalue weighted by molar-refractivity contribution is 8.09. The third-order valence-corrected chi connectivity index (χ3v) is 3.65. The van der Waals surface area contributed by atoms with Gasteiger partial charge >= 0.3 is 0 Å². The van der Waals surface area contributed by atoms with Crippen LogP contribution >= 0.6 is 11.8 Å². The van der Waals surface area contributed by atoms with E-state index in [2.05, 4.69) is 35.3 Å². The molecular formula is C13H11N2OS. The van der Waals surface area contributed by atoms with E-state index in [1.54, 1.807) is 18.0 Å². The molecule has 0 aliphatic carbocycles. The van der Waals surface area contributed by atoms with Gasteiger partial charge in [0.05, 0.1) is 22.7 Å². The molecule has 2 heterocycles. The first kappa shape index (κ1) is 10.5. The van der Waals surface area contributed by atoms with Crippen LogP contribution in [0.4, 0.5) is 5.69 Å². The zero-order chi connectivity index (χ0) is 11.7. The van der Waals surface area contributed by atoms with Crippen LogP contribution in [0.15, 0.2) is 47.1 Å². The Morgan fingerprint density at radius 3 is 2.82 bits per heavy atom. The summed E-state index contributed by atoms with van der Waals surface area (Å²) in [6, 6.07) is 12.1. The van der Waals surface area contributed by atoms with E-state index in [1.807, 2.05) is 24.3 Å². The van der Waals surface area contributed by atoms with Crippen molar-refractivity contribution in [2.24, 2.45) is 0 Å². The minimum absolute atomic E-state index is 0.317. The molecule has 3 nitrogen and oxygen atoms in total. The first-order valence-corrected chi connectivity index (χ1v) is 6.28. The highest BCUT2D eigenvalue weighted by atomic mass is 32.2. The van der Waals surface area contributed by atoms with Gasteiger partial charge in [0.25, 0.3) is 0 Å². The third-order valence-electron chi connectivity index (χ3n) is 2.57. The first-order valence-electron chi connectivity index (χ1n) is 5.40. The van der Waals surface area contributed by atoms with Crippen molar-refractivity contribution in [3.8, 4) is 0 Å². The quantitative estimate of drug-likeness (QED) is 0.808. The number of hydrogen-bond acceptors (Lipinski definition) is 4. The fourth-order valence-corrected chi connectivity index (χ4v) is 2.75. The highest BCUT2D eigenvalue weighted by Crippen LogP contribution is 2.40. The largest absolute Gasteiger partial charge is 0.356 e. The molecule has 1 radical (unpaired) electrons. The summed E-state index contributed by atoms with van der Waals surface area (Å²) in [7, 11) is 0. The predicted octanol–water partition coefficient (Wildman–Crippen LogP) is 3.38. The van der Waals surface area contributed by atoms with Gasteiger partial charge in [0, 0.05) is 11.8 Å². The molecule has 1 aliphatic rings. The van der Waals surface area contributed by atoms with Crippen molar-refractivity contribution in [1.29, 1.82) is 0 Å². The van der Waals surface area contributed by atoms with Gasteiger partial charge in [-0.25, -0.2) is 0 Å². The minimum Gasteiger partial charge on any atom is -0.356 e. The van der Waals surface area contributed by atoms with Crippen LogP contribution in [0.2, 0.25) is 0 Å². The van der Waals surface area contributed by atoms with E-state index in [1.165, 1.54) is 0 Å². The Bertz CT molecular complexity index is 522. The van der Waals surface area contributed by atoms with Crippen molar-refractivity contribution in [1.82, 2.24) is 5.16 Å². The molecule has 1 aromatic heterocycles. The van der Waals surface area contributed by atoms with Gasteiger partial charge in [0.2, 0.25) is 0 Å². The molecule has 1 aromatic carbocycles. The molecule has 4 heteroatoms. The lowest BCUT2D eigenvalue weighted by Crippen LogP contribution is -2.20. The Hall–Kier alpha value is -1.68. The molecule has 2 aromatic rings. The molecule has 0 bridgehead atoms. The number of aromatic nitrogens is 1. The molecule has 0 saturated heterocycles. The zero-order valence-corrected chi connectivity index (χ0v) is 10.1. The molecule has 1 unspecified atom stereocenters. The van der Waals surface area contributed by atoms with Crippen LogP contribution in [-0.4, -0.2) is 10.5 Å². The number of benzene rings is 1. The molecule has 0 fully saturated rings. The molecule has 3 rings (SSSR count). The van der Waals surface area contributed by atoms with Crippen LogP contribution in [0.1, 0.15) is 12.7 Å². The lowest BCUT2D eigenvalue weighted by Gasteiger charge is -2.20. The normalized spacial score (nSPS) is 19.5.